The van der Waals surface area contributed by atoms with Gasteiger partial charge in [-0.2, -0.15) is 0 Å². The number of rotatable bonds is 3. The zero-order valence-corrected chi connectivity index (χ0v) is 15.0. The van der Waals surface area contributed by atoms with Crippen LogP contribution in [0.25, 0.3) is 10.8 Å². The van der Waals surface area contributed by atoms with Gasteiger partial charge in [-0.25, -0.2) is 8.42 Å². The van der Waals surface area contributed by atoms with Crippen LogP contribution in [-0.2, 0) is 16.4 Å². The molecular weight excluding hydrogens is 334 g/mol. The lowest BCUT2D eigenvalue weighted by Crippen LogP contribution is -2.35. The number of sulfonamides is 1. The zero-order chi connectivity index (χ0) is 17.6. The molecule has 3 aromatic rings. The zero-order valence-electron chi connectivity index (χ0n) is 14.1. The van der Waals surface area contributed by atoms with Gasteiger partial charge in [-0.15, -0.1) is 0 Å². The molecule has 0 amide bonds. The Morgan fingerprint density at radius 1 is 0.960 bits per heavy atom. The van der Waals surface area contributed by atoms with Crippen molar-refractivity contribution in [2.75, 3.05) is 11.4 Å². The van der Waals surface area contributed by atoms with Gasteiger partial charge in [0.1, 0.15) is 5.75 Å². The van der Waals surface area contributed by atoms with Crippen molar-refractivity contribution in [2.45, 2.75) is 24.3 Å². The molecule has 1 heterocycles. The van der Waals surface area contributed by atoms with Crippen molar-refractivity contribution in [1.82, 2.24) is 0 Å². The molecule has 0 aromatic heterocycles. The third-order valence-corrected chi connectivity index (χ3v) is 6.73. The van der Waals surface area contributed by atoms with Gasteiger partial charge in [0.05, 0.1) is 17.7 Å². The SMILES string of the molecule is COc1ccc(S(=O)(=O)N2c3ccccc3CC2C)c2ccccc12. The predicted octanol–water partition coefficient (Wildman–Crippen LogP) is 3.99. The molecule has 0 bridgehead atoms. The van der Waals surface area contributed by atoms with E-state index in [0.717, 1.165) is 23.1 Å². The summed E-state index contributed by atoms with van der Waals surface area (Å²) in [6.45, 7) is 1.95. The summed E-state index contributed by atoms with van der Waals surface area (Å²) in [4.78, 5) is 0.312. The van der Waals surface area contributed by atoms with Crippen molar-refractivity contribution in [3.05, 3.63) is 66.2 Å². The van der Waals surface area contributed by atoms with Crippen LogP contribution in [0.3, 0.4) is 0 Å². The van der Waals surface area contributed by atoms with Crippen molar-refractivity contribution in [2.24, 2.45) is 0 Å². The average molecular weight is 353 g/mol. The van der Waals surface area contributed by atoms with Gasteiger partial charge in [0.25, 0.3) is 10.0 Å². The molecule has 4 nitrogen and oxygen atoms in total. The summed E-state index contributed by atoms with van der Waals surface area (Å²) < 4.78 is 34.0. The quantitative estimate of drug-likeness (QED) is 0.715. The molecule has 0 N–H and O–H groups in total. The Labute approximate surface area is 147 Å². The molecule has 25 heavy (non-hydrogen) atoms. The number of fused-ring (bicyclic) bond motifs is 2. The first kappa shape index (κ1) is 16.0. The Hall–Kier alpha value is -2.53. The van der Waals surface area contributed by atoms with Crippen molar-refractivity contribution in [1.29, 1.82) is 0 Å². The molecule has 0 spiro atoms. The fourth-order valence-electron chi connectivity index (χ4n) is 3.66. The number of hydrogen-bond acceptors (Lipinski definition) is 3. The number of para-hydroxylation sites is 1. The Kier molecular flexibility index (Phi) is 3.69. The fourth-order valence-corrected chi connectivity index (χ4v) is 5.55. The molecule has 1 aliphatic heterocycles. The number of benzene rings is 3. The van der Waals surface area contributed by atoms with Gasteiger partial charge in [-0.05, 0) is 37.1 Å². The highest BCUT2D eigenvalue weighted by Gasteiger charge is 2.36. The Bertz CT molecular complexity index is 1060. The maximum Gasteiger partial charge on any atom is 0.265 e. The molecule has 0 saturated carbocycles. The minimum absolute atomic E-state index is 0.108. The summed E-state index contributed by atoms with van der Waals surface area (Å²) in [5, 5.41) is 1.48. The van der Waals surface area contributed by atoms with Crippen molar-refractivity contribution >= 4 is 26.5 Å². The highest BCUT2D eigenvalue weighted by molar-refractivity contribution is 7.93. The molecular formula is C20H19NO3S. The van der Waals surface area contributed by atoms with Gasteiger partial charge in [-0.3, -0.25) is 4.31 Å². The maximum atomic E-state index is 13.5. The van der Waals surface area contributed by atoms with Crippen LogP contribution in [0.5, 0.6) is 5.75 Å². The Balaban J connectivity index is 1.95. The van der Waals surface area contributed by atoms with Crippen LogP contribution < -0.4 is 9.04 Å². The van der Waals surface area contributed by atoms with E-state index >= 15 is 0 Å². The topological polar surface area (TPSA) is 46.6 Å². The lowest BCUT2D eigenvalue weighted by Gasteiger charge is -2.25. The summed E-state index contributed by atoms with van der Waals surface area (Å²) in [7, 11) is -2.08. The monoisotopic (exact) mass is 353 g/mol. The summed E-state index contributed by atoms with van der Waals surface area (Å²) in [6.07, 6.45) is 0.726. The van der Waals surface area contributed by atoms with Crippen molar-refractivity contribution in [3.8, 4) is 5.75 Å². The first-order valence-corrected chi connectivity index (χ1v) is 9.66. The molecule has 3 aromatic carbocycles. The molecule has 0 radical (unpaired) electrons. The van der Waals surface area contributed by atoms with E-state index in [0.29, 0.717) is 16.0 Å². The van der Waals surface area contributed by atoms with Crippen LogP contribution in [0, 0.1) is 0 Å². The lowest BCUT2D eigenvalue weighted by atomic mass is 10.1. The van der Waals surface area contributed by atoms with E-state index in [-0.39, 0.29) is 6.04 Å². The highest BCUT2D eigenvalue weighted by Crippen LogP contribution is 2.39. The Morgan fingerprint density at radius 3 is 2.40 bits per heavy atom. The number of anilines is 1. The maximum absolute atomic E-state index is 13.5. The molecule has 0 aliphatic carbocycles. The Morgan fingerprint density at radius 2 is 1.64 bits per heavy atom. The van der Waals surface area contributed by atoms with Crippen LogP contribution in [0.2, 0.25) is 0 Å². The molecule has 128 valence electrons. The second kappa shape index (κ2) is 5.77. The number of hydrogen-bond donors (Lipinski definition) is 0. The van der Waals surface area contributed by atoms with E-state index in [1.807, 2.05) is 55.5 Å². The smallest absolute Gasteiger partial charge is 0.265 e. The lowest BCUT2D eigenvalue weighted by molar-refractivity contribution is 0.419. The van der Waals surface area contributed by atoms with Crippen LogP contribution in [0.1, 0.15) is 12.5 Å². The summed E-state index contributed by atoms with van der Waals surface area (Å²) in [6, 6.07) is 18.4. The van der Waals surface area contributed by atoms with Gasteiger partial charge in [0, 0.05) is 16.8 Å². The molecule has 1 unspecified atom stereocenters. The van der Waals surface area contributed by atoms with Crippen molar-refractivity contribution < 1.29 is 13.2 Å². The second-order valence-electron chi connectivity index (χ2n) is 6.29. The largest absolute Gasteiger partial charge is 0.496 e. The normalized spacial score (nSPS) is 16.9. The number of ether oxygens (including phenoxy) is 1. The minimum atomic E-state index is -3.68. The summed E-state index contributed by atoms with van der Waals surface area (Å²) >= 11 is 0. The average Bonchev–Trinajstić information content (AvgIpc) is 2.97. The van der Waals surface area contributed by atoms with Crippen molar-refractivity contribution in [3.63, 3.8) is 0 Å². The predicted molar refractivity (Wildman–Crippen MR) is 99.8 cm³/mol. The summed E-state index contributed by atoms with van der Waals surface area (Å²) in [5.41, 5.74) is 1.84. The van der Waals surface area contributed by atoms with E-state index in [1.54, 1.807) is 23.5 Å². The van der Waals surface area contributed by atoms with E-state index in [1.165, 1.54) is 0 Å². The van der Waals surface area contributed by atoms with Gasteiger partial charge in [-0.1, -0.05) is 42.5 Å². The molecule has 1 atom stereocenters. The standard InChI is InChI=1S/C20H19NO3S/c1-14-13-15-7-3-6-10-18(15)21(14)25(22,23)20-12-11-19(24-2)16-8-4-5-9-17(16)20/h3-12,14H,13H2,1-2H3. The van der Waals surface area contributed by atoms with Gasteiger partial charge in [0.15, 0.2) is 0 Å². The fraction of sp³-hybridized carbons (Fsp3) is 0.200. The van der Waals surface area contributed by atoms with E-state index in [4.69, 9.17) is 4.74 Å². The first-order valence-electron chi connectivity index (χ1n) is 8.22. The summed E-state index contributed by atoms with van der Waals surface area (Å²) in [5.74, 6) is 0.671. The van der Waals surface area contributed by atoms with E-state index < -0.39 is 10.0 Å². The highest BCUT2D eigenvalue weighted by atomic mass is 32.2. The number of nitrogens with zero attached hydrogens (tertiary/aromatic N) is 1. The van der Waals surface area contributed by atoms with Gasteiger partial charge in [0.2, 0.25) is 0 Å². The first-order chi connectivity index (χ1) is 12.0. The molecule has 4 rings (SSSR count). The van der Waals surface area contributed by atoms with E-state index in [9.17, 15) is 8.42 Å². The minimum Gasteiger partial charge on any atom is -0.496 e. The van der Waals surface area contributed by atoms with Crippen LogP contribution in [0.15, 0.2) is 65.6 Å². The van der Waals surface area contributed by atoms with Crippen LogP contribution in [0.4, 0.5) is 5.69 Å². The third kappa shape index (κ3) is 2.38. The van der Waals surface area contributed by atoms with E-state index in [2.05, 4.69) is 0 Å². The van der Waals surface area contributed by atoms with Gasteiger partial charge < -0.3 is 4.74 Å². The molecule has 0 saturated heterocycles. The third-order valence-electron chi connectivity index (χ3n) is 4.75. The molecule has 1 aliphatic rings. The van der Waals surface area contributed by atoms with Crippen LogP contribution >= 0.6 is 0 Å². The van der Waals surface area contributed by atoms with Crippen LogP contribution in [-0.4, -0.2) is 21.6 Å². The van der Waals surface area contributed by atoms with Gasteiger partial charge >= 0.3 is 0 Å². The molecule has 0 fully saturated rings. The second-order valence-corrected chi connectivity index (χ2v) is 8.08. The number of methoxy groups -OCH3 is 1. The molecule has 5 heteroatoms.